The molecule has 1 rings (SSSR count). The van der Waals surface area contributed by atoms with E-state index >= 15 is 0 Å². The highest BCUT2D eigenvalue weighted by Crippen LogP contribution is 2.24. The number of benzene rings is 1. The molecule has 8 heteroatoms. The number of rotatable bonds is 7. The Morgan fingerprint density at radius 1 is 1.50 bits per heavy atom. The molecule has 1 aromatic carbocycles. The van der Waals surface area contributed by atoms with Crippen molar-refractivity contribution in [3.63, 3.8) is 0 Å². The lowest BCUT2D eigenvalue weighted by molar-refractivity contribution is 0.173. The van der Waals surface area contributed by atoms with Gasteiger partial charge in [0.25, 0.3) is 0 Å². The third kappa shape index (κ3) is 4.13. The van der Waals surface area contributed by atoms with Gasteiger partial charge < -0.3 is 9.84 Å². The average molecular weight is 326 g/mol. The van der Waals surface area contributed by atoms with Gasteiger partial charge in [-0.15, -0.1) is 0 Å². The maximum Gasteiger partial charge on any atom is 0.243 e. The number of sulfonamides is 1. The molecular weight excluding hydrogens is 309 g/mol. The Morgan fingerprint density at radius 2 is 2.15 bits per heavy atom. The molecule has 2 N–H and O–H groups in total. The van der Waals surface area contributed by atoms with E-state index in [0.717, 1.165) is 6.07 Å². The molecule has 0 aliphatic rings. The van der Waals surface area contributed by atoms with Crippen LogP contribution in [0.1, 0.15) is 18.9 Å². The number of aliphatic hydroxyl groups is 1. The van der Waals surface area contributed by atoms with Gasteiger partial charge >= 0.3 is 0 Å². The van der Waals surface area contributed by atoms with Gasteiger partial charge in [0.05, 0.1) is 13.2 Å². The Balaban J connectivity index is 3.18. The van der Waals surface area contributed by atoms with E-state index in [9.17, 15) is 12.8 Å². The second-order valence-electron chi connectivity index (χ2n) is 4.22. The van der Waals surface area contributed by atoms with Gasteiger partial charge in [0.15, 0.2) is 0 Å². The van der Waals surface area contributed by atoms with Crippen molar-refractivity contribution in [3.8, 4) is 0 Å². The fourth-order valence-electron chi connectivity index (χ4n) is 1.65. The highest BCUT2D eigenvalue weighted by molar-refractivity contribution is 7.89. The lowest BCUT2D eigenvalue weighted by Crippen LogP contribution is -2.38. The summed E-state index contributed by atoms with van der Waals surface area (Å²) in [7, 11) is -2.63. The predicted molar refractivity (Wildman–Crippen MR) is 73.6 cm³/mol. The third-order valence-electron chi connectivity index (χ3n) is 2.72. The summed E-state index contributed by atoms with van der Waals surface area (Å²) < 4.78 is 45.6. The minimum Gasteiger partial charge on any atom is -0.392 e. The van der Waals surface area contributed by atoms with Crippen LogP contribution in [0.2, 0.25) is 5.02 Å². The zero-order valence-corrected chi connectivity index (χ0v) is 12.8. The molecule has 0 radical (unpaired) electrons. The molecule has 1 aromatic rings. The van der Waals surface area contributed by atoms with Crippen LogP contribution in [0.4, 0.5) is 4.39 Å². The van der Waals surface area contributed by atoms with E-state index in [1.807, 2.05) is 0 Å². The van der Waals surface area contributed by atoms with Crippen molar-refractivity contribution in [2.24, 2.45) is 0 Å². The first kappa shape index (κ1) is 17.3. The van der Waals surface area contributed by atoms with Crippen LogP contribution in [-0.4, -0.2) is 33.3 Å². The van der Waals surface area contributed by atoms with Crippen molar-refractivity contribution in [1.29, 1.82) is 0 Å². The van der Waals surface area contributed by atoms with E-state index < -0.39 is 33.4 Å². The summed E-state index contributed by atoms with van der Waals surface area (Å²) in [5.74, 6) is -1.00. The molecule has 0 heterocycles. The first-order valence-electron chi connectivity index (χ1n) is 5.95. The van der Waals surface area contributed by atoms with Crippen LogP contribution in [0.15, 0.2) is 17.0 Å². The van der Waals surface area contributed by atoms with E-state index in [2.05, 4.69) is 4.72 Å². The Morgan fingerprint density at radius 3 is 2.65 bits per heavy atom. The van der Waals surface area contributed by atoms with E-state index in [0.29, 0.717) is 6.42 Å². The van der Waals surface area contributed by atoms with Crippen molar-refractivity contribution in [3.05, 3.63) is 28.5 Å². The van der Waals surface area contributed by atoms with Gasteiger partial charge in [-0.25, -0.2) is 17.5 Å². The van der Waals surface area contributed by atoms with Gasteiger partial charge in [-0.05, 0) is 18.6 Å². The molecular formula is C12H17ClFNO4S. The van der Waals surface area contributed by atoms with Crippen LogP contribution in [0.5, 0.6) is 0 Å². The van der Waals surface area contributed by atoms with Crippen LogP contribution >= 0.6 is 11.6 Å². The minimum absolute atomic E-state index is 0.0376. The summed E-state index contributed by atoms with van der Waals surface area (Å²) >= 11 is 5.74. The largest absolute Gasteiger partial charge is 0.392 e. The summed E-state index contributed by atoms with van der Waals surface area (Å²) in [6.07, 6.45) is 0.488. The molecule has 0 aromatic heterocycles. The summed E-state index contributed by atoms with van der Waals surface area (Å²) in [6.45, 7) is 1.31. The summed E-state index contributed by atoms with van der Waals surface area (Å²) in [4.78, 5) is -0.580. The van der Waals surface area contributed by atoms with Crippen molar-refractivity contribution in [2.45, 2.75) is 30.9 Å². The Labute approximate surface area is 122 Å². The number of ether oxygens (including phenoxy) is 1. The Bertz CT molecular complexity index is 565. The molecule has 20 heavy (non-hydrogen) atoms. The molecule has 0 bridgehead atoms. The van der Waals surface area contributed by atoms with Crippen LogP contribution in [0.3, 0.4) is 0 Å². The quantitative estimate of drug-likeness (QED) is 0.799. The van der Waals surface area contributed by atoms with Gasteiger partial charge in [-0.3, -0.25) is 0 Å². The van der Waals surface area contributed by atoms with Crippen molar-refractivity contribution in [1.82, 2.24) is 4.72 Å². The van der Waals surface area contributed by atoms with Gasteiger partial charge in [0.2, 0.25) is 10.0 Å². The van der Waals surface area contributed by atoms with Crippen molar-refractivity contribution in [2.75, 3.05) is 13.7 Å². The number of nitrogens with one attached hydrogen (secondary N) is 1. The van der Waals surface area contributed by atoms with Crippen LogP contribution in [-0.2, 0) is 21.4 Å². The summed E-state index contributed by atoms with van der Waals surface area (Å²) in [5, 5.41) is 9.05. The zero-order valence-electron chi connectivity index (χ0n) is 11.2. The number of hydrogen-bond donors (Lipinski definition) is 2. The fraction of sp³-hybridized carbons (Fsp3) is 0.500. The first-order chi connectivity index (χ1) is 9.35. The van der Waals surface area contributed by atoms with Crippen molar-refractivity contribution < 1.29 is 22.7 Å². The zero-order chi connectivity index (χ0) is 15.3. The number of hydrogen-bond acceptors (Lipinski definition) is 4. The molecule has 0 saturated carbocycles. The number of halogens is 2. The molecule has 0 fully saturated rings. The molecule has 0 aliphatic carbocycles. The van der Waals surface area contributed by atoms with E-state index in [-0.39, 0.29) is 17.2 Å². The van der Waals surface area contributed by atoms with E-state index in [1.54, 1.807) is 6.92 Å². The maximum absolute atomic E-state index is 14.0. The topological polar surface area (TPSA) is 75.6 Å². The second-order valence-corrected chi connectivity index (χ2v) is 6.34. The van der Waals surface area contributed by atoms with E-state index in [4.69, 9.17) is 21.4 Å². The normalized spacial score (nSPS) is 13.4. The highest BCUT2D eigenvalue weighted by atomic mass is 35.5. The number of methoxy groups -OCH3 is 1. The summed E-state index contributed by atoms with van der Waals surface area (Å²) in [6, 6.07) is 1.72. The van der Waals surface area contributed by atoms with E-state index in [1.165, 1.54) is 13.2 Å². The highest BCUT2D eigenvalue weighted by Gasteiger charge is 2.24. The molecule has 0 saturated heterocycles. The Kier molecular flexibility index (Phi) is 6.35. The minimum atomic E-state index is -4.08. The van der Waals surface area contributed by atoms with Gasteiger partial charge in [0.1, 0.15) is 10.7 Å². The molecule has 0 spiro atoms. The molecule has 1 unspecified atom stereocenters. The SMILES string of the molecule is CCC(COC)NS(=O)(=O)c1cc(Cl)cc(CO)c1F. The van der Waals surface area contributed by atoms with Crippen LogP contribution < -0.4 is 4.72 Å². The lowest BCUT2D eigenvalue weighted by atomic mass is 10.2. The van der Waals surface area contributed by atoms with Crippen LogP contribution in [0, 0.1) is 5.82 Å². The molecule has 5 nitrogen and oxygen atoms in total. The van der Waals surface area contributed by atoms with Crippen LogP contribution in [0.25, 0.3) is 0 Å². The standard InChI is InChI=1S/C12H17ClFNO4S/c1-3-10(7-19-2)15-20(17,18)11-5-9(13)4-8(6-16)12(11)14/h4-5,10,15-16H,3,6-7H2,1-2H3. The molecule has 1 atom stereocenters. The predicted octanol–water partition coefficient (Wildman–Crippen LogP) is 1.67. The second kappa shape index (κ2) is 7.33. The first-order valence-corrected chi connectivity index (χ1v) is 7.81. The van der Waals surface area contributed by atoms with Gasteiger partial charge in [0, 0.05) is 23.7 Å². The molecule has 0 aliphatic heterocycles. The smallest absolute Gasteiger partial charge is 0.243 e. The summed E-state index contributed by atoms with van der Waals surface area (Å²) in [5.41, 5.74) is -0.169. The average Bonchev–Trinajstić information content (AvgIpc) is 2.40. The number of aliphatic hydroxyl groups excluding tert-OH is 1. The monoisotopic (exact) mass is 325 g/mol. The lowest BCUT2D eigenvalue weighted by Gasteiger charge is -2.17. The van der Waals surface area contributed by atoms with Gasteiger partial charge in [-0.1, -0.05) is 18.5 Å². The molecule has 114 valence electrons. The van der Waals surface area contributed by atoms with Gasteiger partial charge in [-0.2, -0.15) is 0 Å². The Hall–Kier alpha value is -0.730. The molecule has 0 amide bonds. The third-order valence-corrected chi connectivity index (χ3v) is 4.46. The maximum atomic E-state index is 14.0. The van der Waals surface area contributed by atoms with Crippen molar-refractivity contribution >= 4 is 21.6 Å². The fourth-order valence-corrected chi connectivity index (χ4v) is 3.40.